The molecular weight excluding hydrogens is 366 g/mol. The molecule has 0 spiro atoms. The van der Waals surface area contributed by atoms with E-state index in [0.29, 0.717) is 6.04 Å². The fourth-order valence-corrected chi connectivity index (χ4v) is 4.70. The van der Waals surface area contributed by atoms with Crippen LogP contribution in [0.3, 0.4) is 0 Å². The molecule has 1 aliphatic heterocycles. The lowest BCUT2D eigenvalue weighted by Gasteiger charge is -2.33. The first kappa shape index (κ1) is 17.4. The Morgan fingerprint density at radius 2 is 1.96 bits per heavy atom. The Balaban J connectivity index is 1.45. The summed E-state index contributed by atoms with van der Waals surface area (Å²) < 4.78 is 2.06. The van der Waals surface area contributed by atoms with Crippen molar-refractivity contribution in [2.45, 2.75) is 37.1 Å². The number of aromatic nitrogens is 5. The lowest BCUT2D eigenvalue weighted by Crippen LogP contribution is -2.39. The minimum atomic E-state index is 0.396. The van der Waals surface area contributed by atoms with Crippen LogP contribution in [-0.4, -0.2) is 50.3 Å². The lowest BCUT2D eigenvalue weighted by molar-refractivity contribution is 0.522. The number of aryl methyl sites for hydroxylation is 2. The number of nitrogens with zero attached hydrogens (tertiary/aromatic N) is 6. The number of thiazole rings is 1. The van der Waals surface area contributed by atoms with Gasteiger partial charge >= 0.3 is 0 Å². The Morgan fingerprint density at radius 3 is 2.69 bits per heavy atom. The van der Waals surface area contributed by atoms with Crippen molar-refractivity contribution in [1.29, 1.82) is 0 Å². The van der Waals surface area contributed by atoms with Crippen LogP contribution in [0, 0.1) is 13.8 Å². The molecule has 0 radical (unpaired) electrons. The second kappa shape index (κ2) is 7.32. The molecule has 0 amide bonds. The van der Waals surface area contributed by atoms with Crippen molar-refractivity contribution in [1.82, 2.24) is 24.9 Å². The Morgan fingerprint density at radius 1 is 1.15 bits per heavy atom. The van der Waals surface area contributed by atoms with Gasteiger partial charge in [-0.2, -0.15) is 0 Å². The molecule has 0 saturated carbocycles. The van der Waals surface area contributed by atoms with Crippen LogP contribution in [0.15, 0.2) is 16.7 Å². The molecule has 0 unspecified atom stereocenters. The summed E-state index contributed by atoms with van der Waals surface area (Å²) in [5, 5.41) is 3.61. The average molecular weight is 388 g/mol. The zero-order chi connectivity index (χ0) is 18.1. The number of fused-ring (bicyclic) bond motifs is 1. The normalized spacial score (nSPS) is 15.6. The third-order valence-corrected chi connectivity index (χ3v) is 6.49. The van der Waals surface area contributed by atoms with E-state index in [2.05, 4.69) is 41.2 Å². The van der Waals surface area contributed by atoms with Crippen LogP contribution in [0.5, 0.6) is 0 Å². The molecule has 0 bridgehead atoms. The first-order valence-electron chi connectivity index (χ1n) is 8.61. The van der Waals surface area contributed by atoms with E-state index >= 15 is 0 Å². The summed E-state index contributed by atoms with van der Waals surface area (Å²) in [5.41, 5.74) is 1.80. The third-order valence-electron chi connectivity index (χ3n) is 4.46. The summed E-state index contributed by atoms with van der Waals surface area (Å²) in [6, 6.07) is 2.46. The SMILES string of the molecule is CSc1nc2ncnc(NC3CCN(c4cc(C)nc(C)n4)CC3)c2s1. The van der Waals surface area contributed by atoms with Gasteiger partial charge in [0, 0.05) is 30.9 Å². The predicted molar refractivity (Wildman–Crippen MR) is 107 cm³/mol. The standard InChI is InChI=1S/C17H21N7S2/c1-10-8-13(21-11(2)20-10)24-6-4-12(5-7-24)22-15-14-16(19-9-18-15)23-17(25-3)26-14/h8-9,12H,4-7H2,1-3H3,(H,18,19,22). The fourth-order valence-electron chi connectivity index (χ4n) is 3.23. The van der Waals surface area contributed by atoms with E-state index < -0.39 is 0 Å². The summed E-state index contributed by atoms with van der Waals surface area (Å²) in [6.45, 7) is 5.91. The van der Waals surface area contributed by atoms with Crippen LogP contribution in [-0.2, 0) is 0 Å². The van der Waals surface area contributed by atoms with Crippen LogP contribution in [0.1, 0.15) is 24.4 Å². The van der Waals surface area contributed by atoms with E-state index in [1.807, 2.05) is 20.1 Å². The maximum absolute atomic E-state index is 4.58. The average Bonchev–Trinajstić information content (AvgIpc) is 3.06. The molecule has 26 heavy (non-hydrogen) atoms. The molecule has 4 rings (SSSR count). The van der Waals surface area contributed by atoms with Crippen molar-refractivity contribution in [3.8, 4) is 0 Å². The van der Waals surface area contributed by atoms with Crippen molar-refractivity contribution in [3.05, 3.63) is 23.9 Å². The van der Waals surface area contributed by atoms with Crippen LogP contribution in [0.25, 0.3) is 10.3 Å². The molecule has 0 aromatic carbocycles. The highest BCUT2D eigenvalue weighted by Gasteiger charge is 2.22. The van der Waals surface area contributed by atoms with Gasteiger partial charge in [-0.1, -0.05) is 11.8 Å². The number of hydrogen-bond donors (Lipinski definition) is 1. The molecule has 0 atom stereocenters. The fraction of sp³-hybridized carbons (Fsp3) is 0.471. The molecule has 0 aliphatic carbocycles. The topological polar surface area (TPSA) is 79.7 Å². The lowest BCUT2D eigenvalue weighted by atomic mass is 10.0. The van der Waals surface area contributed by atoms with Crippen LogP contribution < -0.4 is 10.2 Å². The highest BCUT2D eigenvalue weighted by atomic mass is 32.2. The van der Waals surface area contributed by atoms with Gasteiger partial charge in [0.25, 0.3) is 0 Å². The van der Waals surface area contributed by atoms with Gasteiger partial charge in [0.15, 0.2) is 9.99 Å². The molecule has 3 aromatic rings. The Labute approximate surface area is 160 Å². The number of thioether (sulfide) groups is 1. The Bertz CT molecular complexity index is 898. The zero-order valence-electron chi connectivity index (χ0n) is 15.1. The second-order valence-corrected chi connectivity index (χ2v) is 8.43. The summed E-state index contributed by atoms with van der Waals surface area (Å²) in [4.78, 5) is 24.6. The molecule has 4 heterocycles. The van der Waals surface area contributed by atoms with Crippen molar-refractivity contribution in [3.63, 3.8) is 0 Å². The third kappa shape index (κ3) is 3.59. The minimum absolute atomic E-state index is 0.396. The van der Waals surface area contributed by atoms with Crippen LogP contribution in [0.2, 0.25) is 0 Å². The van der Waals surface area contributed by atoms with Gasteiger partial charge in [0.2, 0.25) is 0 Å². The smallest absolute Gasteiger partial charge is 0.176 e. The van der Waals surface area contributed by atoms with Crippen LogP contribution >= 0.6 is 23.1 Å². The largest absolute Gasteiger partial charge is 0.366 e. The zero-order valence-corrected chi connectivity index (χ0v) is 16.7. The first-order valence-corrected chi connectivity index (χ1v) is 10.7. The Hall–Kier alpha value is -2.00. The van der Waals surface area contributed by atoms with Gasteiger partial charge < -0.3 is 10.2 Å². The molecule has 1 N–H and O–H groups in total. The Kier molecular flexibility index (Phi) is 4.90. The molecule has 3 aromatic heterocycles. The first-order chi connectivity index (χ1) is 12.6. The molecule has 7 nitrogen and oxygen atoms in total. The predicted octanol–water partition coefficient (Wildman–Crippen LogP) is 3.30. The monoisotopic (exact) mass is 387 g/mol. The van der Waals surface area contributed by atoms with Crippen molar-refractivity contribution in [2.24, 2.45) is 0 Å². The summed E-state index contributed by atoms with van der Waals surface area (Å²) in [7, 11) is 0. The molecule has 136 valence electrons. The molecule has 1 saturated heterocycles. The maximum Gasteiger partial charge on any atom is 0.176 e. The highest BCUT2D eigenvalue weighted by Crippen LogP contribution is 2.32. The van der Waals surface area contributed by atoms with E-state index in [9.17, 15) is 0 Å². The maximum atomic E-state index is 4.58. The molecular formula is C17H21N7S2. The van der Waals surface area contributed by atoms with Gasteiger partial charge in [-0.05, 0) is 32.9 Å². The quantitative estimate of drug-likeness (QED) is 0.683. The van der Waals surface area contributed by atoms with Crippen molar-refractivity contribution < 1.29 is 0 Å². The van der Waals surface area contributed by atoms with Crippen LogP contribution in [0.4, 0.5) is 11.6 Å². The van der Waals surface area contributed by atoms with Crippen molar-refractivity contribution in [2.75, 3.05) is 29.6 Å². The highest BCUT2D eigenvalue weighted by molar-refractivity contribution is 8.00. The molecule has 9 heteroatoms. The van der Waals surface area contributed by atoms with Gasteiger partial charge in [0.05, 0.1) is 0 Å². The number of piperidine rings is 1. The molecule has 1 aliphatic rings. The van der Waals surface area contributed by atoms with E-state index in [1.54, 1.807) is 29.4 Å². The van der Waals surface area contributed by atoms with Gasteiger partial charge in [-0.15, -0.1) is 11.3 Å². The van der Waals surface area contributed by atoms with E-state index in [0.717, 1.165) is 63.8 Å². The van der Waals surface area contributed by atoms with E-state index in [-0.39, 0.29) is 0 Å². The summed E-state index contributed by atoms with van der Waals surface area (Å²) in [5.74, 6) is 2.77. The molecule has 1 fully saturated rings. The second-order valence-electron chi connectivity index (χ2n) is 6.38. The van der Waals surface area contributed by atoms with Crippen molar-refractivity contribution >= 4 is 45.1 Å². The number of hydrogen-bond acceptors (Lipinski definition) is 9. The summed E-state index contributed by atoms with van der Waals surface area (Å²) in [6.07, 6.45) is 5.71. The summed E-state index contributed by atoms with van der Waals surface area (Å²) >= 11 is 3.29. The number of rotatable bonds is 4. The van der Waals surface area contributed by atoms with E-state index in [4.69, 9.17) is 0 Å². The minimum Gasteiger partial charge on any atom is -0.366 e. The van der Waals surface area contributed by atoms with Gasteiger partial charge in [-0.3, -0.25) is 0 Å². The van der Waals surface area contributed by atoms with Gasteiger partial charge in [0.1, 0.15) is 28.5 Å². The van der Waals surface area contributed by atoms with E-state index in [1.165, 1.54) is 0 Å². The number of anilines is 2. The number of nitrogens with one attached hydrogen (secondary N) is 1. The van der Waals surface area contributed by atoms with Gasteiger partial charge in [-0.25, -0.2) is 24.9 Å².